The summed E-state index contributed by atoms with van der Waals surface area (Å²) in [4.78, 5) is 29.6. The van der Waals surface area contributed by atoms with Crippen LogP contribution < -0.4 is 5.32 Å². The third kappa shape index (κ3) is 5.36. The first-order valence-electron chi connectivity index (χ1n) is 10.7. The maximum Gasteiger partial charge on any atom is 0.225 e. The van der Waals surface area contributed by atoms with Gasteiger partial charge in [-0.2, -0.15) is 5.10 Å². The van der Waals surface area contributed by atoms with Crippen LogP contribution in [0.15, 0.2) is 0 Å². The van der Waals surface area contributed by atoms with Crippen molar-refractivity contribution in [3.8, 4) is 0 Å². The van der Waals surface area contributed by atoms with E-state index in [-0.39, 0.29) is 29.9 Å². The Labute approximate surface area is 173 Å². The van der Waals surface area contributed by atoms with Crippen LogP contribution in [0.1, 0.15) is 42.6 Å². The first-order chi connectivity index (χ1) is 13.9. The fourth-order valence-corrected chi connectivity index (χ4v) is 4.35. The summed E-state index contributed by atoms with van der Waals surface area (Å²) in [5.74, 6) is 0.251. The van der Waals surface area contributed by atoms with Crippen LogP contribution in [-0.4, -0.2) is 84.3 Å². The summed E-state index contributed by atoms with van der Waals surface area (Å²) < 4.78 is 5.66. The van der Waals surface area contributed by atoms with Crippen molar-refractivity contribution in [3.05, 3.63) is 17.0 Å². The highest BCUT2D eigenvalue weighted by Crippen LogP contribution is 2.28. The molecule has 162 valence electrons. The van der Waals surface area contributed by atoms with Crippen LogP contribution in [-0.2, 0) is 20.7 Å². The summed E-state index contributed by atoms with van der Waals surface area (Å²) in [6, 6.07) is -0.0361. The van der Waals surface area contributed by atoms with Crippen LogP contribution in [0.25, 0.3) is 0 Å². The highest BCUT2D eigenvalue weighted by atomic mass is 16.5. The third-order valence-electron chi connectivity index (χ3n) is 6.55. The second-order valence-electron chi connectivity index (χ2n) is 8.51. The minimum atomic E-state index is -0.122. The highest BCUT2D eigenvalue weighted by molar-refractivity contribution is 5.79. The van der Waals surface area contributed by atoms with Gasteiger partial charge in [-0.3, -0.25) is 14.7 Å². The number of ether oxygens (including phenoxy) is 1. The van der Waals surface area contributed by atoms with Crippen molar-refractivity contribution in [2.24, 2.45) is 5.92 Å². The third-order valence-corrected chi connectivity index (χ3v) is 6.55. The lowest BCUT2D eigenvalue weighted by atomic mass is 9.82. The zero-order valence-corrected chi connectivity index (χ0v) is 18.2. The number of aryl methyl sites for hydroxylation is 2. The Hall–Kier alpha value is -1.93. The molecule has 3 rings (SSSR count). The maximum absolute atomic E-state index is 12.9. The molecule has 1 saturated carbocycles. The quantitative estimate of drug-likeness (QED) is 0.738. The first-order valence-corrected chi connectivity index (χ1v) is 10.7. The van der Waals surface area contributed by atoms with E-state index in [1.165, 1.54) is 0 Å². The zero-order chi connectivity index (χ0) is 21.0. The molecule has 2 N–H and O–H groups in total. The van der Waals surface area contributed by atoms with Gasteiger partial charge in [0.05, 0.1) is 17.8 Å². The van der Waals surface area contributed by atoms with Crippen molar-refractivity contribution < 1.29 is 14.3 Å². The van der Waals surface area contributed by atoms with Crippen LogP contribution in [0.3, 0.4) is 0 Å². The standard InChI is InChI=1S/C21H35N5O3/c1-14-15(2)23-24-17(14)7-8-20(27)22-18-6-5-16(13-19(18)29-4)21(28)26-11-9-25(3)10-12-26/h16,18-19H,5-13H2,1-4H3,(H,22,27)(H,23,24)/t16-,18-,19-/m0/s1. The lowest BCUT2D eigenvalue weighted by molar-refractivity contribution is -0.140. The van der Waals surface area contributed by atoms with Gasteiger partial charge in [-0.05, 0) is 45.7 Å². The average Bonchev–Trinajstić information content (AvgIpc) is 3.04. The number of aromatic nitrogens is 2. The van der Waals surface area contributed by atoms with Crippen LogP contribution in [0.5, 0.6) is 0 Å². The van der Waals surface area contributed by atoms with Crippen molar-refractivity contribution in [1.29, 1.82) is 0 Å². The van der Waals surface area contributed by atoms with Crippen molar-refractivity contribution in [3.63, 3.8) is 0 Å². The summed E-state index contributed by atoms with van der Waals surface area (Å²) in [7, 11) is 3.76. The van der Waals surface area contributed by atoms with Gasteiger partial charge < -0.3 is 19.9 Å². The summed E-state index contributed by atoms with van der Waals surface area (Å²) >= 11 is 0. The lowest BCUT2D eigenvalue weighted by Crippen LogP contribution is -2.53. The van der Waals surface area contributed by atoms with Gasteiger partial charge in [0, 0.05) is 57.7 Å². The molecule has 2 heterocycles. The molecule has 1 saturated heterocycles. The number of nitrogens with one attached hydrogen (secondary N) is 2. The van der Waals surface area contributed by atoms with Crippen molar-refractivity contribution in [2.45, 2.75) is 58.1 Å². The van der Waals surface area contributed by atoms with Crippen LogP contribution in [0.2, 0.25) is 0 Å². The number of H-pyrrole nitrogens is 1. The fraction of sp³-hybridized carbons (Fsp3) is 0.762. The smallest absolute Gasteiger partial charge is 0.225 e. The number of carbonyl (C=O) groups excluding carboxylic acids is 2. The second-order valence-corrected chi connectivity index (χ2v) is 8.51. The Kier molecular flexibility index (Phi) is 7.29. The number of nitrogens with zero attached hydrogens (tertiary/aromatic N) is 3. The van der Waals surface area contributed by atoms with Gasteiger partial charge in [-0.1, -0.05) is 0 Å². The highest BCUT2D eigenvalue weighted by Gasteiger charge is 2.37. The number of piperazine rings is 1. The van der Waals surface area contributed by atoms with Crippen LogP contribution >= 0.6 is 0 Å². The van der Waals surface area contributed by atoms with Crippen LogP contribution in [0, 0.1) is 19.8 Å². The Morgan fingerprint density at radius 2 is 1.93 bits per heavy atom. The summed E-state index contributed by atoms with van der Waals surface area (Å²) in [5, 5.41) is 10.4. The summed E-state index contributed by atoms with van der Waals surface area (Å²) in [5.41, 5.74) is 3.11. The van der Waals surface area contributed by atoms with Crippen molar-refractivity contribution >= 4 is 11.8 Å². The molecule has 1 aromatic rings. The van der Waals surface area contributed by atoms with Gasteiger partial charge >= 0.3 is 0 Å². The largest absolute Gasteiger partial charge is 0.379 e. The molecule has 0 radical (unpaired) electrons. The molecule has 1 aliphatic heterocycles. The van der Waals surface area contributed by atoms with Gasteiger partial charge in [0.2, 0.25) is 11.8 Å². The zero-order valence-electron chi connectivity index (χ0n) is 18.2. The predicted octanol–water partition coefficient (Wildman–Crippen LogP) is 1.03. The molecule has 1 aromatic heterocycles. The number of aromatic amines is 1. The number of rotatable bonds is 6. The summed E-state index contributed by atoms with van der Waals surface area (Å²) in [6.45, 7) is 7.47. The Morgan fingerprint density at radius 1 is 1.21 bits per heavy atom. The fourth-order valence-electron chi connectivity index (χ4n) is 4.35. The Bertz CT molecular complexity index is 711. The first kappa shape index (κ1) is 21.8. The average molecular weight is 406 g/mol. The number of carbonyl (C=O) groups is 2. The monoisotopic (exact) mass is 405 g/mol. The maximum atomic E-state index is 12.9. The van der Waals surface area contributed by atoms with E-state index < -0.39 is 0 Å². The number of likely N-dealkylation sites (N-methyl/N-ethyl adjacent to an activating group) is 1. The number of methoxy groups -OCH3 is 1. The lowest BCUT2D eigenvalue weighted by Gasteiger charge is -2.39. The molecule has 0 aromatic carbocycles. The van der Waals surface area contributed by atoms with Gasteiger partial charge in [0.25, 0.3) is 0 Å². The number of amides is 2. The molecule has 29 heavy (non-hydrogen) atoms. The minimum Gasteiger partial charge on any atom is -0.379 e. The predicted molar refractivity (Wildman–Crippen MR) is 111 cm³/mol. The Morgan fingerprint density at radius 3 is 2.55 bits per heavy atom. The van der Waals surface area contributed by atoms with Crippen molar-refractivity contribution in [2.75, 3.05) is 40.3 Å². The van der Waals surface area contributed by atoms with E-state index in [4.69, 9.17) is 4.74 Å². The van der Waals surface area contributed by atoms with Gasteiger partial charge in [-0.15, -0.1) is 0 Å². The van der Waals surface area contributed by atoms with E-state index in [0.717, 1.165) is 56.0 Å². The van der Waals surface area contributed by atoms with E-state index in [9.17, 15) is 9.59 Å². The SMILES string of the molecule is CO[C@H]1C[C@@H](C(=O)N2CCN(C)CC2)CC[C@@H]1NC(=O)CCc1n[nH]c(C)c1C. The molecular weight excluding hydrogens is 370 g/mol. The van der Waals surface area contributed by atoms with E-state index in [2.05, 4.69) is 27.5 Å². The molecule has 2 aliphatic rings. The molecular formula is C21H35N5O3. The molecule has 2 amide bonds. The van der Waals surface area contributed by atoms with E-state index in [1.807, 2.05) is 18.7 Å². The van der Waals surface area contributed by atoms with E-state index in [1.54, 1.807) is 7.11 Å². The number of hydrogen-bond acceptors (Lipinski definition) is 5. The molecule has 0 unspecified atom stereocenters. The summed E-state index contributed by atoms with van der Waals surface area (Å²) in [6.07, 6.45) is 3.15. The second kappa shape index (κ2) is 9.71. The van der Waals surface area contributed by atoms with Crippen LogP contribution in [0.4, 0.5) is 0 Å². The molecule has 0 bridgehead atoms. The number of hydrogen-bond donors (Lipinski definition) is 2. The minimum absolute atomic E-state index is 0.00816. The molecule has 1 aliphatic carbocycles. The molecule has 3 atom stereocenters. The normalized spacial score (nSPS) is 25.8. The van der Waals surface area contributed by atoms with E-state index >= 15 is 0 Å². The molecule has 8 heteroatoms. The van der Waals surface area contributed by atoms with Gasteiger partial charge in [-0.25, -0.2) is 0 Å². The van der Waals surface area contributed by atoms with Crippen molar-refractivity contribution in [1.82, 2.24) is 25.3 Å². The molecule has 2 fully saturated rings. The Balaban J connectivity index is 1.48. The van der Waals surface area contributed by atoms with E-state index in [0.29, 0.717) is 19.3 Å². The molecule has 8 nitrogen and oxygen atoms in total. The van der Waals surface area contributed by atoms with Gasteiger partial charge in [0.15, 0.2) is 0 Å². The topological polar surface area (TPSA) is 90.6 Å². The van der Waals surface area contributed by atoms with Gasteiger partial charge in [0.1, 0.15) is 0 Å². The molecule has 0 spiro atoms.